The highest BCUT2D eigenvalue weighted by Crippen LogP contribution is 2.24. The highest BCUT2D eigenvalue weighted by atomic mass is 16.5. The maximum Gasteiger partial charge on any atom is 0.411 e. The molecule has 3 aromatic rings. The number of ether oxygens (including phenoxy) is 1. The quantitative estimate of drug-likeness (QED) is 0.611. The Hall–Kier alpha value is -3.50. The van der Waals surface area contributed by atoms with Crippen LogP contribution in [0.1, 0.15) is 29.6 Å². The summed E-state index contributed by atoms with van der Waals surface area (Å²) in [5.74, 6) is 0.0438. The fourth-order valence-corrected chi connectivity index (χ4v) is 4.03. The number of amides is 2. The molecule has 1 aromatic carbocycles. The lowest BCUT2D eigenvalue weighted by molar-refractivity contribution is -0.0256. The third kappa shape index (κ3) is 5.02. The van der Waals surface area contributed by atoms with E-state index < -0.39 is 6.09 Å². The van der Waals surface area contributed by atoms with Crippen molar-refractivity contribution in [2.24, 2.45) is 0 Å². The van der Waals surface area contributed by atoms with Crippen LogP contribution in [0.15, 0.2) is 42.5 Å². The molecule has 6 rings (SSSR count). The number of benzene rings is 1. The van der Waals surface area contributed by atoms with Crippen LogP contribution >= 0.6 is 0 Å². The van der Waals surface area contributed by atoms with Crippen molar-refractivity contribution in [2.75, 3.05) is 44.7 Å². The third-order valence-corrected chi connectivity index (χ3v) is 6.07. The van der Waals surface area contributed by atoms with Gasteiger partial charge >= 0.3 is 6.09 Å². The van der Waals surface area contributed by atoms with Gasteiger partial charge in [0.2, 0.25) is 0 Å². The second-order valence-corrected chi connectivity index (χ2v) is 8.70. The molecule has 2 saturated heterocycles. The molecule has 2 N–H and O–H groups in total. The molecule has 0 unspecified atom stereocenters. The van der Waals surface area contributed by atoms with Crippen LogP contribution in [0.3, 0.4) is 0 Å². The van der Waals surface area contributed by atoms with Gasteiger partial charge in [0, 0.05) is 43.3 Å². The van der Waals surface area contributed by atoms with Gasteiger partial charge in [-0.2, -0.15) is 4.98 Å². The number of anilines is 1. The molecule has 3 aliphatic rings. The molecule has 2 amide bonds. The summed E-state index contributed by atoms with van der Waals surface area (Å²) < 4.78 is 6.97. The molecule has 0 radical (unpaired) electrons. The number of fused-ring (bicyclic) bond motifs is 1. The molecule has 1 aliphatic carbocycles. The fourth-order valence-electron chi connectivity index (χ4n) is 4.03. The van der Waals surface area contributed by atoms with Crippen molar-refractivity contribution in [3.63, 3.8) is 0 Å². The lowest BCUT2D eigenvalue weighted by Gasteiger charge is -2.46. The van der Waals surface area contributed by atoms with Crippen LogP contribution in [-0.4, -0.2) is 86.9 Å². The number of carbonyl (C=O) groups excluding carboxylic acids is 1. The predicted octanol–water partition coefficient (Wildman–Crippen LogP) is 2.81. The van der Waals surface area contributed by atoms with Crippen molar-refractivity contribution in [1.29, 1.82) is 0 Å². The molecule has 0 bridgehead atoms. The van der Waals surface area contributed by atoms with Gasteiger partial charge in [-0.1, -0.05) is 37.5 Å². The SMILES string of the molecule is C1CC1.O=C(O)Nc1nc2cccc(-c3ccc(C(=O)N4CC(N5CCOCC5)C4)cc3)n2n1. The monoisotopic (exact) mass is 464 g/mol. The molecule has 1 saturated carbocycles. The first-order valence-corrected chi connectivity index (χ1v) is 11.7. The molecule has 178 valence electrons. The maximum absolute atomic E-state index is 12.8. The van der Waals surface area contributed by atoms with Crippen molar-refractivity contribution in [2.45, 2.75) is 25.3 Å². The molecular weight excluding hydrogens is 436 g/mol. The Kier molecular flexibility index (Phi) is 6.41. The van der Waals surface area contributed by atoms with Gasteiger partial charge in [0.1, 0.15) is 0 Å². The number of carbonyl (C=O) groups is 2. The summed E-state index contributed by atoms with van der Waals surface area (Å²) in [7, 11) is 0. The normalized spacial score (nSPS) is 18.1. The molecule has 34 heavy (non-hydrogen) atoms. The third-order valence-electron chi connectivity index (χ3n) is 6.07. The van der Waals surface area contributed by atoms with Crippen LogP contribution in [-0.2, 0) is 4.74 Å². The van der Waals surface area contributed by atoms with E-state index >= 15 is 0 Å². The minimum Gasteiger partial charge on any atom is -0.465 e. The minimum absolute atomic E-state index is 0.0133. The summed E-state index contributed by atoms with van der Waals surface area (Å²) in [6.07, 6.45) is 3.28. The zero-order chi connectivity index (χ0) is 23.5. The van der Waals surface area contributed by atoms with E-state index in [9.17, 15) is 9.59 Å². The Morgan fingerprint density at radius 3 is 2.35 bits per heavy atom. The number of rotatable bonds is 4. The van der Waals surface area contributed by atoms with Crippen LogP contribution < -0.4 is 5.32 Å². The van der Waals surface area contributed by atoms with Crippen molar-refractivity contribution < 1.29 is 19.4 Å². The largest absolute Gasteiger partial charge is 0.465 e. The Labute approximate surface area is 197 Å². The standard InChI is InChI=1S/C21H22N6O4.C3H6/c28-19(26-12-16(13-26)25-8-10-31-11-9-25)15-6-4-14(5-7-15)17-2-1-3-18-22-20(23-21(29)30)24-27(17)18;1-2-3-1/h1-7,16H,8-13H2,(H,23,24)(H,29,30);1-3H2. The van der Waals surface area contributed by atoms with Crippen molar-refractivity contribution in [3.8, 4) is 11.3 Å². The van der Waals surface area contributed by atoms with Crippen LogP contribution in [0.25, 0.3) is 16.9 Å². The first-order chi connectivity index (χ1) is 16.6. The average Bonchev–Trinajstić information content (AvgIpc) is 3.64. The number of pyridine rings is 1. The van der Waals surface area contributed by atoms with Crippen LogP contribution in [0.4, 0.5) is 10.7 Å². The van der Waals surface area contributed by atoms with Crippen molar-refractivity contribution >= 4 is 23.6 Å². The summed E-state index contributed by atoms with van der Waals surface area (Å²) in [5.41, 5.74) is 2.77. The highest BCUT2D eigenvalue weighted by Gasteiger charge is 2.35. The Balaban J connectivity index is 0.000000745. The number of nitrogens with zero attached hydrogens (tertiary/aromatic N) is 5. The Bertz CT molecular complexity index is 1160. The summed E-state index contributed by atoms with van der Waals surface area (Å²) >= 11 is 0. The fraction of sp³-hybridized carbons (Fsp3) is 0.417. The lowest BCUT2D eigenvalue weighted by atomic mass is 10.0. The number of carboxylic acid groups (broad SMARTS) is 1. The molecule has 0 atom stereocenters. The van der Waals surface area contributed by atoms with Gasteiger partial charge < -0.3 is 14.7 Å². The molecule has 2 aromatic heterocycles. The van der Waals surface area contributed by atoms with Crippen LogP contribution in [0.2, 0.25) is 0 Å². The van der Waals surface area contributed by atoms with Crippen LogP contribution in [0.5, 0.6) is 0 Å². The Morgan fingerprint density at radius 1 is 1.00 bits per heavy atom. The average molecular weight is 465 g/mol. The van der Waals surface area contributed by atoms with Gasteiger partial charge in [0.25, 0.3) is 11.9 Å². The number of morpholine rings is 1. The van der Waals surface area contributed by atoms with E-state index in [2.05, 4.69) is 20.3 Å². The first-order valence-electron chi connectivity index (χ1n) is 11.7. The van der Waals surface area contributed by atoms with E-state index in [-0.39, 0.29) is 11.9 Å². The van der Waals surface area contributed by atoms with Gasteiger partial charge in [-0.3, -0.25) is 15.0 Å². The summed E-state index contributed by atoms with van der Waals surface area (Å²) in [5, 5.41) is 15.3. The number of hydrogen-bond acceptors (Lipinski definition) is 6. The van der Waals surface area contributed by atoms with Gasteiger partial charge in [0.05, 0.1) is 18.9 Å². The number of likely N-dealkylation sites (tertiary alicyclic amines) is 1. The smallest absolute Gasteiger partial charge is 0.411 e. The van der Waals surface area contributed by atoms with E-state index in [0.29, 0.717) is 17.3 Å². The van der Waals surface area contributed by atoms with Gasteiger partial charge in [0.15, 0.2) is 5.65 Å². The zero-order valence-electron chi connectivity index (χ0n) is 18.9. The van der Waals surface area contributed by atoms with Gasteiger partial charge in [-0.25, -0.2) is 9.31 Å². The minimum atomic E-state index is -1.22. The molecule has 0 spiro atoms. The number of nitrogens with one attached hydrogen (secondary N) is 1. The summed E-state index contributed by atoms with van der Waals surface area (Å²) in [4.78, 5) is 32.1. The molecule has 10 nitrogen and oxygen atoms in total. The van der Waals surface area contributed by atoms with E-state index in [0.717, 1.165) is 50.7 Å². The second-order valence-electron chi connectivity index (χ2n) is 8.70. The predicted molar refractivity (Wildman–Crippen MR) is 126 cm³/mol. The Morgan fingerprint density at radius 2 is 1.71 bits per heavy atom. The highest BCUT2D eigenvalue weighted by molar-refractivity contribution is 5.95. The van der Waals surface area contributed by atoms with Crippen molar-refractivity contribution in [3.05, 3.63) is 48.0 Å². The molecule has 10 heteroatoms. The van der Waals surface area contributed by atoms with E-state index in [1.54, 1.807) is 10.6 Å². The molecule has 4 heterocycles. The van der Waals surface area contributed by atoms with Gasteiger partial charge in [-0.05, 0) is 24.3 Å². The zero-order valence-corrected chi connectivity index (χ0v) is 18.9. The topological polar surface area (TPSA) is 112 Å². The lowest BCUT2D eigenvalue weighted by Crippen LogP contribution is -2.62. The number of aromatic nitrogens is 3. The second kappa shape index (κ2) is 9.78. The van der Waals surface area contributed by atoms with Crippen LogP contribution in [0, 0.1) is 0 Å². The summed E-state index contributed by atoms with van der Waals surface area (Å²) in [6.45, 7) is 4.88. The first kappa shape index (κ1) is 22.3. The number of hydrogen-bond donors (Lipinski definition) is 2. The van der Waals surface area contributed by atoms with Crippen molar-refractivity contribution in [1.82, 2.24) is 24.4 Å². The summed E-state index contributed by atoms with van der Waals surface area (Å²) in [6, 6.07) is 13.2. The van der Waals surface area contributed by atoms with E-state index in [1.165, 1.54) is 19.3 Å². The molecular formula is C24H28N6O4. The molecule has 2 aliphatic heterocycles. The van der Waals surface area contributed by atoms with Gasteiger partial charge in [-0.15, -0.1) is 5.10 Å². The maximum atomic E-state index is 12.8. The molecule has 3 fully saturated rings. The van der Waals surface area contributed by atoms with E-state index in [4.69, 9.17) is 9.84 Å². The van der Waals surface area contributed by atoms with E-state index in [1.807, 2.05) is 41.3 Å².